The fraction of sp³-hybridized carbons (Fsp3) is 0.433. The SMILES string of the molecule is CCOB1OC(C)(C)c2cc(Nc3ncc(C4=NC5(CCOCC5)CO4)c(N[C@H](CO)c4ccccc4)n3)ccc21. The van der Waals surface area contributed by atoms with E-state index >= 15 is 0 Å². The highest BCUT2D eigenvalue weighted by molar-refractivity contribution is 6.63. The number of nitrogens with zero attached hydrogens (tertiary/aromatic N) is 3. The van der Waals surface area contributed by atoms with Crippen LogP contribution in [0.5, 0.6) is 0 Å². The standard InChI is InChI=1S/C30H36BN5O5/c1-4-40-31-24-11-10-21(16-23(24)29(2,3)41-31)33-28-32-17-22(27-36-30(19-39-27)12-14-38-15-13-30)26(35-28)34-25(18-37)20-8-6-5-7-9-20/h5-11,16-17,25,37H,4,12-15,18-19H2,1-3H3,(H2,32,33,34,35)/t25-/m1/s1. The molecule has 11 heteroatoms. The number of anilines is 3. The van der Waals surface area contributed by atoms with Gasteiger partial charge in [0.05, 0.1) is 23.8 Å². The van der Waals surface area contributed by atoms with Gasteiger partial charge in [0.1, 0.15) is 18.0 Å². The molecule has 0 bridgehead atoms. The average molecular weight is 557 g/mol. The van der Waals surface area contributed by atoms with E-state index in [-0.39, 0.29) is 25.3 Å². The van der Waals surface area contributed by atoms with E-state index in [0.717, 1.165) is 35.1 Å². The van der Waals surface area contributed by atoms with Crippen LogP contribution in [0.15, 0.2) is 59.7 Å². The summed E-state index contributed by atoms with van der Waals surface area (Å²) in [6.07, 6.45) is 3.34. The first-order valence-electron chi connectivity index (χ1n) is 14.2. The third-order valence-electron chi connectivity index (χ3n) is 7.89. The van der Waals surface area contributed by atoms with Gasteiger partial charge in [-0.3, -0.25) is 0 Å². The molecular formula is C30H36BN5O5. The fourth-order valence-corrected chi connectivity index (χ4v) is 5.58. The number of aromatic nitrogens is 2. The molecule has 1 aromatic heterocycles. The van der Waals surface area contributed by atoms with Crippen LogP contribution in [-0.4, -0.2) is 66.7 Å². The molecule has 1 atom stereocenters. The zero-order valence-corrected chi connectivity index (χ0v) is 23.7. The van der Waals surface area contributed by atoms with Gasteiger partial charge in [0.2, 0.25) is 11.8 Å². The van der Waals surface area contributed by atoms with E-state index < -0.39 is 5.60 Å². The Morgan fingerprint density at radius 2 is 1.93 bits per heavy atom. The lowest BCUT2D eigenvalue weighted by atomic mass is 9.77. The second kappa shape index (κ2) is 11.4. The summed E-state index contributed by atoms with van der Waals surface area (Å²) in [5.41, 5.74) is 3.71. The van der Waals surface area contributed by atoms with Crippen molar-refractivity contribution in [3.05, 3.63) is 71.4 Å². The molecular weight excluding hydrogens is 521 g/mol. The highest BCUT2D eigenvalue weighted by atomic mass is 16.6. The zero-order chi connectivity index (χ0) is 28.5. The van der Waals surface area contributed by atoms with Crippen molar-refractivity contribution in [2.45, 2.75) is 50.8 Å². The van der Waals surface area contributed by atoms with Crippen LogP contribution in [-0.2, 0) is 24.4 Å². The molecule has 0 radical (unpaired) electrons. The number of hydrogen-bond acceptors (Lipinski definition) is 10. The van der Waals surface area contributed by atoms with Gasteiger partial charge in [-0.15, -0.1) is 0 Å². The third kappa shape index (κ3) is 5.67. The Kier molecular flexibility index (Phi) is 7.69. The van der Waals surface area contributed by atoms with Crippen molar-refractivity contribution in [2.75, 3.05) is 43.7 Å². The quantitative estimate of drug-likeness (QED) is 0.339. The molecule has 0 saturated carbocycles. The van der Waals surface area contributed by atoms with E-state index in [1.807, 2.05) is 63.2 Å². The number of benzene rings is 2. The number of nitrogens with one attached hydrogen (secondary N) is 2. The Labute approximate surface area is 240 Å². The molecule has 3 N–H and O–H groups in total. The zero-order valence-electron chi connectivity index (χ0n) is 23.7. The Morgan fingerprint density at radius 1 is 1.12 bits per heavy atom. The van der Waals surface area contributed by atoms with E-state index in [1.165, 1.54) is 0 Å². The van der Waals surface area contributed by atoms with Crippen LogP contribution in [0.1, 0.15) is 56.3 Å². The first kappa shape index (κ1) is 27.7. The average Bonchev–Trinajstić information content (AvgIpc) is 3.50. The fourth-order valence-electron chi connectivity index (χ4n) is 5.58. The first-order valence-corrected chi connectivity index (χ1v) is 14.2. The molecule has 41 heavy (non-hydrogen) atoms. The molecule has 0 aliphatic carbocycles. The summed E-state index contributed by atoms with van der Waals surface area (Å²) in [6.45, 7) is 8.31. The summed E-state index contributed by atoms with van der Waals surface area (Å²) in [5, 5.41) is 17.0. The Morgan fingerprint density at radius 3 is 2.68 bits per heavy atom. The van der Waals surface area contributed by atoms with E-state index in [2.05, 4.69) is 21.7 Å². The van der Waals surface area contributed by atoms with E-state index in [0.29, 0.717) is 49.7 Å². The highest BCUT2D eigenvalue weighted by Gasteiger charge is 2.42. The predicted molar refractivity (Wildman–Crippen MR) is 158 cm³/mol. The van der Waals surface area contributed by atoms with Gasteiger partial charge < -0.3 is 34.5 Å². The predicted octanol–water partition coefficient (Wildman–Crippen LogP) is 3.69. The van der Waals surface area contributed by atoms with Crippen molar-refractivity contribution in [1.82, 2.24) is 9.97 Å². The second-order valence-corrected chi connectivity index (χ2v) is 11.1. The van der Waals surface area contributed by atoms with Crippen molar-refractivity contribution >= 4 is 35.9 Å². The van der Waals surface area contributed by atoms with Crippen LogP contribution in [0.4, 0.5) is 17.5 Å². The summed E-state index contributed by atoms with van der Waals surface area (Å²) in [4.78, 5) is 14.5. The lowest BCUT2D eigenvalue weighted by molar-refractivity contribution is 0.0442. The maximum Gasteiger partial charge on any atom is 0.494 e. The summed E-state index contributed by atoms with van der Waals surface area (Å²) >= 11 is 0. The molecule has 3 aliphatic heterocycles. The Hall–Kier alpha value is -3.51. The van der Waals surface area contributed by atoms with Gasteiger partial charge in [0, 0.05) is 31.7 Å². The van der Waals surface area contributed by atoms with Crippen molar-refractivity contribution in [3.8, 4) is 0 Å². The van der Waals surface area contributed by atoms with E-state index in [1.54, 1.807) is 6.20 Å². The number of aliphatic hydroxyl groups is 1. The summed E-state index contributed by atoms with van der Waals surface area (Å²) in [5.74, 6) is 1.43. The Balaban J connectivity index is 1.32. The van der Waals surface area contributed by atoms with Crippen LogP contribution in [0.25, 0.3) is 0 Å². The summed E-state index contributed by atoms with van der Waals surface area (Å²) < 4.78 is 23.6. The summed E-state index contributed by atoms with van der Waals surface area (Å²) in [6, 6.07) is 15.4. The molecule has 6 rings (SSSR count). The molecule has 4 heterocycles. The highest BCUT2D eigenvalue weighted by Crippen LogP contribution is 2.35. The van der Waals surface area contributed by atoms with Crippen molar-refractivity contribution in [1.29, 1.82) is 0 Å². The molecule has 1 saturated heterocycles. The molecule has 3 aliphatic rings. The van der Waals surface area contributed by atoms with Crippen LogP contribution in [0.3, 0.4) is 0 Å². The summed E-state index contributed by atoms with van der Waals surface area (Å²) in [7, 11) is -0.384. The maximum absolute atomic E-state index is 10.3. The van der Waals surface area contributed by atoms with Gasteiger partial charge >= 0.3 is 7.12 Å². The smallest absolute Gasteiger partial charge is 0.475 e. The van der Waals surface area contributed by atoms with Crippen LogP contribution >= 0.6 is 0 Å². The minimum atomic E-state index is -0.494. The Bertz CT molecular complexity index is 1410. The minimum absolute atomic E-state index is 0.119. The number of aliphatic imine (C=N–C) groups is 1. The number of hydrogen-bond donors (Lipinski definition) is 3. The molecule has 214 valence electrons. The van der Waals surface area contributed by atoms with Gasteiger partial charge in [0.15, 0.2) is 0 Å². The number of ether oxygens (including phenoxy) is 2. The number of rotatable bonds is 9. The van der Waals surface area contributed by atoms with Crippen molar-refractivity contribution < 1.29 is 23.9 Å². The minimum Gasteiger partial charge on any atom is -0.475 e. The lowest BCUT2D eigenvalue weighted by Crippen LogP contribution is -2.35. The third-order valence-corrected chi connectivity index (χ3v) is 7.89. The maximum atomic E-state index is 10.3. The van der Waals surface area contributed by atoms with Gasteiger partial charge in [-0.05, 0) is 62.3 Å². The molecule has 1 fully saturated rings. The largest absolute Gasteiger partial charge is 0.494 e. The van der Waals surface area contributed by atoms with Crippen LogP contribution in [0, 0.1) is 0 Å². The molecule has 1 spiro atoms. The molecule has 0 unspecified atom stereocenters. The van der Waals surface area contributed by atoms with Gasteiger partial charge in [-0.2, -0.15) is 4.98 Å². The van der Waals surface area contributed by atoms with Crippen molar-refractivity contribution in [2.24, 2.45) is 4.99 Å². The van der Waals surface area contributed by atoms with Gasteiger partial charge in [-0.25, -0.2) is 9.98 Å². The van der Waals surface area contributed by atoms with E-state index in [9.17, 15) is 5.11 Å². The van der Waals surface area contributed by atoms with Crippen LogP contribution < -0.4 is 16.1 Å². The van der Waals surface area contributed by atoms with Gasteiger partial charge in [-0.1, -0.05) is 36.4 Å². The topological polar surface area (TPSA) is 119 Å². The molecule has 3 aromatic rings. The van der Waals surface area contributed by atoms with Gasteiger partial charge in [0.25, 0.3) is 0 Å². The first-order chi connectivity index (χ1) is 19.9. The molecule has 2 aromatic carbocycles. The molecule has 0 amide bonds. The lowest BCUT2D eigenvalue weighted by Gasteiger charge is -2.28. The van der Waals surface area contributed by atoms with Crippen molar-refractivity contribution in [3.63, 3.8) is 0 Å². The number of fused-ring (bicyclic) bond motifs is 1. The van der Waals surface area contributed by atoms with E-state index in [4.69, 9.17) is 28.8 Å². The molecule has 10 nitrogen and oxygen atoms in total. The monoisotopic (exact) mass is 557 g/mol. The number of aliphatic hydroxyl groups excluding tert-OH is 1. The normalized spacial score (nSPS) is 19.4. The second-order valence-electron chi connectivity index (χ2n) is 11.1. The van der Waals surface area contributed by atoms with Crippen LogP contribution in [0.2, 0.25) is 0 Å².